The van der Waals surface area contributed by atoms with E-state index in [2.05, 4.69) is 36.3 Å². The van der Waals surface area contributed by atoms with Gasteiger partial charge >= 0.3 is 0 Å². The van der Waals surface area contributed by atoms with Crippen molar-refractivity contribution in [2.75, 3.05) is 0 Å². The molecule has 0 aliphatic rings. The van der Waals surface area contributed by atoms with Crippen molar-refractivity contribution in [1.29, 1.82) is 0 Å². The van der Waals surface area contributed by atoms with Gasteiger partial charge in [0.05, 0.1) is 17.2 Å². The summed E-state index contributed by atoms with van der Waals surface area (Å²) in [5, 5.41) is 19.8. The molecule has 0 spiro atoms. The van der Waals surface area contributed by atoms with Crippen molar-refractivity contribution < 1.29 is 5.11 Å². The van der Waals surface area contributed by atoms with Crippen LogP contribution in [-0.4, -0.2) is 20.1 Å². The number of aliphatic hydroxyl groups excluding tert-OH is 1. The summed E-state index contributed by atoms with van der Waals surface area (Å²) in [6.07, 6.45) is 0. The molecule has 0 fully saturated rings. The fraction of sp³-hybridized carbons (Fsp3) is 0.200. The van der Waals surface area contributed by atoms with Crippen LogP contribution in [-0.2, 0) is 6.61 Å². The van der Waals surface area contributed by atoms with E-state index in [4.69, 9.17) is 0 Å². The summed E-state index contributed by atoms with van der Waals surface area (Å²) in [5.41, 5.74) is 4.88. The summed E-state index contributed by atoms with van der Waals surface area (Å²) in [7, 11) is 0. The van der Waals surface area contributed by atoms with Crippen molar-refractivity contribution in [2.24, 2.45) is 0 Å². The SMILES string of the molecule is Cc1ccc(-n2nnc(CO)c2-c2cccs2)cc1C. The van der Waals surface area contributed by atoms with E-state index in [1.807, 2.05) is 23.6 Å². The van der Waals surface area contributed by atoms with Crippen molar-refractivity contribution in [3.05, 3.63) is 52.5 Å². The topological polar surface area (TPSA) is 50.9 Å². The molecule has 4 nitrogen and oxygen atoms in total. The third-order valence-electron chi connectivity index (χ3n) is 3.38. The Bertz CT molecular complexity index is 732. The lowest BCUT2D eigenvalue weighted by atomic mass is 10.1. The number of thiophene rings is 1. The molecule has 0 radical (unpaired) electrons. The maximum Gasteiger partial charge on any atom is 0.117 e. The predicted molar refractivity (Wildman–Crippen MR) is 80.1 cm³/mol. The molecule has 0 unspecified atom stereocenters. The van der Waals surface area contributed by atoms with E-state index in [0.29, 0.717) is 5.69 Å². The van der Waals surface area contributed by atoms with Crippen LogP contribution in [0.1, 0.15) is 16.8 Å². The van der Waals surface area contributed by atoms with Crippen molar-refractivity contribution >= 4 is 11.3 Å². The molecular formula is C15H15N3OS. The number of aliphatic hydroxyl groups is 1. The molecule has 102 valence electrons. The number of rotatable bonds is 3. The van der Waals surface area contributed by atoms with Crippen LogP contribution in [0.25, 0.3) is 16.3 Å². The summed E-state index contributed by atoms with van der Waals surface area (Å²) < 4.78 is 1.80. The van der Waals surface area contributed by atoms with Gasteiger partial charge in [-0.05, 0) is 48.6 Å². The molecule has 2 heterocycles. The first-order valence-corrected chi connectivity index (χ1v) is 7.25. The minimum absolute atomic E-state index is 0.113. The molecule has 5 heteroatoms. The van der Waals surface area contributed by atoms with Gasteiger partial charge in [0.1, 0.15) is 11.4 Å². The van der Waals surface area contributed by atoms with Gasteiger partial charge in [-0.25, -0.2) is 4.68 Å². The smallest absolute Gasteiger partial charge is 0.117 e. The Hall–Kier alpha value is -1.98. The lowest BCUT2D eigenvalue weighted by Gasteiger charge is -2.08. The van der Waals surface area contributed by atoms with Crippen LogP contribution in [0.15, 0.2) is 35.7 Å². The van der Waals surface area contributed by atoms with Crippen LogP contribution < -0.4 is 0 Å². The number of benzene rings is 1. The average Bonchev–Trinajstić information content (AvgIpc) is 3.09. The molecule has 0 aliphatic carbocycles. The van der Waals surface area contributed by atoms with Gasteiger partial charge in [0.15, 0.2) is 0 Å². The lowest BCUT2D eigenvalue weighted by Crippen LogP contribution is -2.00. The maximum absolute atomic E-state index is 9.46. The summed E-state index contributed by atoms with van der Waals surface area (Å²) in [5.74, 6) is 0. The average molecular weight is 285 g/mol. The van der Waals surface area contributed by atoms with Crippen molar-refractivity contribution in [2.45, 2.75) is 20.5 Å². The van der Waals surface area contributed by atoms with Crippen LogP contribution >= 0.6 is 11.3 Å². The van der Waals surface area contributed by atoms with E-state index in [9.17, 15) is 5.11 Å². The highest BCUT2D eigenvalue weighted by molar-refractivity contribution is 7.13. The van der Waals surface area contributed by atoms with Crippen LogP contribution in [0.2, 0.25) is 0 Å². The van der Waals surface area contributed by atoms with Gasteiger partial charge in [0.2, 0.25) is 0 Å². The van der Waals surface area contributed by atoms with Crippen LogP contribution in [0.3, 0.4) is 0 Å². The first-order chi connectivity index (χ1) is 9.70. The Morgan fingerprint density at radius 3 is 2.70 bits per heavy atom. The highest BCUT2D eigenvalue weighted by atomic mass is 32.1. The summed E-state index contributed by atoms with van der Waals surface area (Å²) in [6, 6.07) is 10.2. The fourth-order valence-electron chi connectivity index (χ4n) is 2.12. The van der Waals surface area contributed by atoms with Crippen molar-refractivity contribution in [1.82, 2.24) is 15.0 Å². The second kappa shape index (κ2) is 5.19. The molecule has 3 aromatic rings. The third-order valence-corrected chi connectivity index (χ3v) is 4.26. The standard InChI is InChI=1S/C15H15N3OS/c1-10-5-6-12(8-11(10)2)18-15(13(9-19)16-17-18)14-4-3-7-20-14/h3-8,19H,9H2,1-2H3. The quantitative estimate of drug-likeness (QED) is 0.804. The van der Waals surface area contributed by atoms with Crippen LogP contribution in [0, 0.1) is 13.8 Å². The summed E-state index contributed by atoms with van der Waals surface area (Å²) in [4.78, 5) is 1.05. The van der Waals surface area contributed by atoms with E-state index in [1.54, 1.807) is 16.0 Å². The zero-order chi connectivity index (χ0) is 14.1. The number of aryl methyl sites for hydroxylation is 2. The van der Waals surface area contributed by atoms with Gasteiger partial charge < -0.3 is 5.11 Å². The van der Waals surface area contributed by atoms with E-state index < -0.39 is 0 Å². The molecule has 20 heavy (non-hydrogen) atoms. The number of hydrogen-bond acceptors (Lipinski definition) is 4. The second-order valence-corrected chi connectivity index (χ2v) is 5.65. The molecule has 2 aromatic heterocycles. The monoisotopic (exact) mass is 285 g/mol. The Kier molecular flexibility index (Phi) is 3.38. The molecule has 1 aromatic carbocycles. The number of hydrogen-bond donors (Lipinski definition) is 1. The molecular weight excluding hydrogens is 270 g/mol. The summed E-state index contributed by atoms with van der Waals surface area (Å²) >= 11 is 1.61. The predicted octanol–water partition coefficient (Wildman–Crippen LogP) is 3.10. The van der Waals surface area contributed by atoms with Gasteiger partial charge in [-0.3, -0.25) is 0 Å². The molecule has 3 rings (SSSR count). The number of nitrogens with zero attached hydrogens (tertiary/aromatic N) is 3. The van der Waals surface area contributed by atoms with Crippen LogP contribution in [0.4, 0.5) is 0 Å². The van der Waals surface area contributed by atoms with Gasteiger partial charge in [0.25, 0.3) is 0 Å². The molecule has 0 bridgehead atoms. The highest BCUT2D eigenvalue weighted by Gasteiger charge is 2.16. The van der Waals surface area contributed by atoms with Gasteiger partial charge in [-0.1, -0.05) is 17.3 Å². The van der Waals surface area contributed by atoms with Gasteiger partial charge in [-0.15, -0.1) is 16.4 Å². The molecule has 1 N–H and O–H groups in total. The van der Waals surface area contributed by atoms with E-state index in [0.717, 1.165) is 16.3 Å². The second-order valence-electron chi connectivity index (χ2n) is 4.70. The zero-order valence-corrected chi connectivity index (χ0v) is 12.2. The normalized spacial score (nSPS) is 10.9. The van der Waals surface area contributed by atoms with Crippen molar-refractivity contribution in [3.8, 4) is 16.3 Å². The Morgan fingerprint density at radius 1 is 1.20 bits per heavy atom. The third kappa shape index (κ3) is 2.15. The lowest BCUT2D eigenvalue weighted by molar-refractivity contribution is 0.277. The first kappa shape index (κ1) is 13.0. The Balaban J connectivity index is 2.19. The minimum Gasteiger partial charge on any atom is -0.390 e. The maximum atomic E-state index is 9.46. The number of aromatic nitrogens is 3. The first-order valence-electron chi connectivity index (χ1n) is 6.37. The van der Waals surface area contributed by atoms with E-state index >= 15 is 0 Å². The molecule has 0 atom stereocenters. The Morgan fingerprint density at radius 2 is 2.05 bits per heavy atom. The largest absolute Gasteiger partial charge is 0.390 e. The fourth-order valence-corrected chi connectivity index (χ4v) is 2.89. The van der Waals surface area contributed by atoms with Crippen LogP contribution in [0.5, 0.6) is 0 Å². The molecule has 0 saturated carbocycles. The minimum atomic E-state index is -0.113. The molecule has 0 amide bonds. The summed E-state index contributed by atoms with van der Waals surface area (Å²) in [6.45, 7) is 4.05. The van der Waals surface area contributed by atoms with Crippen molar-refractivity contribution in [3.63, 3.8) is 0 Å². The zero-order valence-electron chi connectivity index (χ0n) is 11.4. The Labute approximate surface area is 121 Å². The molecule has 0 saturated heterocycles. The highest BCUT2D eigenvalue weighted by Crippen LogP contribution is 2.29. The van der Waals surface area contributed by atoms with E-state index in [-0.39, 0.29) is 6.61 Å². The van der Waals surface area contributed by atoms with Gasteiger partial charge in [0, 0.05) is 0 Å². The van der Waals surface area contributed by atoms with Gasteiger partial charge in [-0.2, -0.15) is 0 Å². The molecule has 0 aliphatic heterocycles. The van der Waals surface area contributed by atoms with E-state index in [1.165, 1.54) is 11.1 Å².